The molecule has 2 saturated heterocycles. The molecule has 2 amide bonds. The lowest BCUT2D eigenvalue weighted by atomic mass is 9.90. The van der Waals surface area contributed by atoms with Crippen LogP contribution in [0, 0.1) is 11.7 Å². The van der Waals surface area contributed by atoms with E-state index in [0.717, 1.165) is 18.4 Å². The van der Waals surface area contributed by atoms with Gasteiger partial charge in [0, 0.05) is 29.3 Å². The predicted molar refractivity (Wildman–Crippen MR) is 129 cm³/mol. The van der Waals surface area contributed by atoms with Gasteiger partial charge < -0.3 is 15.0 Å². The summed E-state index contributed by atoms with van der Waals surface area (Å²) in [4.78, 5) is 28.4. The highest BCUT2D eigenvalue weighted by Crippen LogP contribution is 2.36. The zero-order chi connectivity index (χ0) is 27.8. The first-order valence-corrected chi connectivity index (χ1v) is 14.1. The maximum absolute atomic E-state index is 14.9. The number of carbonyl (C=O) groups is 2. The molecule has 2 aliphatic rings. The number of ether oxygens (including phenoxy) is 1. The van der Waals surface area contributed by atoms with Crippen molar-refractivity contribution in [3.05, 3.63) is 65.0 Å². The van der Waals surface area contributed by atoms with Crippen molar-refractivity contribution in [2.24, 2.45) is 5.92 Å². The molecule has 206 valence electrons. The Balaban J connectivity index is 1.61. The molecule has 1 unspecified atom stereocenters. The van der Waals surface area contributed by atoms with Gasteiger partial charge in [0.1, 0.15) is 11.9 Å². The number of nitrogens with zero attached hydrogens (tertiary/aromatic N) is 1. The predicted octanol–water partition coefficient (Wildman–Crippen LogP) is 4.14. The van der Waals surface area contributed by atoms with E-state index in [9.17, 15) is 35.6 Å². The Morgan fingerprint density at radius 1 is 1.13 bits per heavy atom. The van der Waals surface area contributed by atoms with Crippen LogP contribution >= 0.6 is 0 Å². The Labute approximate surface area is 218 Å². The SMILES string of the molecule is CC[C@@H]1CC[C@H](C(=O)NC(c2ccc(C(F)(F)F)cc2F)C2COC2)N1C(=O)c1cccc(S(C)(=O)=O)c1. The van der Waals surface area contributed by atoms with E-state index in [1.165, 1.54) is 29.2 Å². The number of sulfone groups is 1. The van der Waals surface area contributed by atoms with Crippen LogP contribution in [-0.2, 0) is 25.5 Å². The monoisotopic (exact) mass is 556 g/mol. The van der Waals surface area contributed by atoms with Crippen molar-refractivity contribution in [2.45, 2.75) is 55.4 Å². The van der Waals surface area contributed by atoms with Gasteiger partial charge >= 0.3 is 6.18 Å². The maximum atomic E-state index is 14.9. The molecule has 2 heterocycles. The van der Waals surface area contributed by atoms with Gasteiger partial charge in [0.2, 0.25) is 5.91 Å². The minimum absolute atomic E-state index is 0.0283. The number of carbonyl (C=O) groups excluding carboxylic acids is 2. The largest absolute Gasteiger partial charge is 0.416 e. The van der Waals surface area contributed by atoms with Gasteiger partial charge in [-0.2, -0.15) is 13.2 Å². The minimum atomic E-state index is -4.72. The summed E-state index contributed by atoms with van der Waals surface area (Å²) in [6, 6.07) is 5.61. The molecule has 2 aromatic rings. The molecule has 0 spiro atoms. The van der Waals surface area contributed by atoms with Crippen molar-refractivity contribution >= 4 is 21.7 Å². The average Bonchev–Trinajstić information content (AvgIpc) is 3.25. The molecule has 0 aliphatic carbocycles. The number of nitrogens with one attached hydrogen (secondary N) is 1. The normalized spacial score (nSPS) is 21.2. The first-order valence-electron chi connectivity index (χ1n) is 12.2. The molecule has 0 bridgehead atoms. The zero-order valence-electron chi connectivity index (χ0n) is 20.8. The summed E-state index contributed by atoms with van der Waals surface area (Å²) in [5, 5.41) is 2.76. The lowest BCUT2D eigenvalue weighted by molar-refractivity contribution is -0.138. The van der Waals surface area contributed by atoms with Crippen molar-refractivity contribution in [3.8, 4) is 0 Å². The van der Waals surface area contributed by atoms with E-state index < -0.39 is 51.3 Å². The van der Waals surface area contributed by atoms with E-state index in [1.807, 2.05) is 6.92 Å². The van der Waals surface area contributed by atoms with Crippen molar-refractivity contribution in [2.75, 3.05) is 19.5 Å². The van der Waals surface area contributed by atoms with Crippen LogP contribution in [0.15, 0.2) is 47.4 Å². The van der Waals surface area contributed by atoms with Crippen LogP contribution in [-0.4, -0.2) is 56.7 Å². The summed E-state index contributed by atoms with van der Waals surface area (Å²) in [6.07, 6.45) is -2.29. The van der Waals surface area contributed by atoms with Crippen LogP contribution in [0.4, 0.5) is 17.6 Å². The average molecular weight is 557 g/mol. The van der Waals surface area contributed by atoms with E-state index in [1.54, 1.807) is 0 Å². The highest BCUT2D eigenvalue weighted by atomic mass is 32.2. The van der Waals surface area contributed by atoms with Crippen LogP contribution in [0.3, 0.4) is 0 Å². The highest BCUT2D eigenvalue weighted by Gasteiger charge is 2.43. The Kier molecular flexibility index (Phi) is 7.85. The first kappa shape index (κ1) is 28.0. The van der Waals surface area contributed by atoms with Gasteiger partial charge in [0.05, 0.1) is 29.7 Å². The van der Waals surface area contributed by atoms with E-state index in [4.69, 9.17) is 4.74 Å². The summed E-state index contributed by atoms with van der Waals surface area (Å²) >= 11 is 0. The van der Waals surface area contributed by atoms with Crippen LogP contribution in [0.25, 0.3) is 0 Å². The molecule has 0 aromatic heterocycles. The van der Waals surface area contributed by atoms with Crippen molar-refractivity contribution in [1.82, 2.24) is 10.2 Å². The van der Waals surface area contributed by atoms with Gasteiger partial charge in [-0.1, -0.05) is 19.1 Å². The van der Waals surface area contributed by atoms with E-state index in [0.29, 0.717) is 25.3 Å². The number of hydrogen-bond donors (Lipinski definition) is 1. The molecule has 1 N–H and O–H groups in total. The lowest BCUT2D eigenvalue weighted by Crippen LogP contribution is -2.52. The van der Waals surface area contributed by atoms with E-state index in [2.05, 4.69) is 5.32 Å². The number of alkyl halides is 3. The third kappa shape index (κ3) is 5.70. The second kappa shape index (κ2) is 10.6. The summed E-state index contributed by atoms with van der Waals surface area (Å²) in [5.74, 6) is -2.53. The second-order valence-corrected chi connectivity index (χ2v) is 11.7. The molecule has 2 aliphatic heterocycles. The molecule has 7 nitrogen and oxygen atoms in total. The van der Waals surface area contributed by atoms with Gasteiger partial charge in [-0.25, -0.2) is 12.8 Å². The van der Waals surface area contributed by atoms with Crippen molar-refractivity contribution in [1.29, 1.82) is 0 Å². The van der Waals surface area contributed by atoms with Crippen LogP contribution in [0.5, 0.6) is 0 Å². The Hall–Kier alpha value is -2.99. The number of amides is 2. The Bertz CT molecular complexity index is 1330. The molecule has 3 atom stereocenters. The quantitative estimate of drug-likeness (QED) is 0.518. The van der Waals surface area contributed by atoms with Crippen LogP contribution in [0.2, 0.25) is 0 Å². The fourth-order valence-electron chi connectivity index (χ4n) is 4.96. The number of rotatable bonds is 7. The smallest absolute Gasteiger partial charge is 0.381 e. The fraction of sp³-hybridized carbons (Fsp3) is 0.462. The number of hydrogen-bond acceptors (Lipinski definition) is 5. The lowest BCUT2D eigenvalue weighted by Gasteiger charge is -2.36. The summed E-state index contributed by atoms with van der Waals surface area (Å²) in [7, 11) is -3.57. The third-order valence-corrected chi connectivity index (χ3v) is 8.23. The highest BCUT2D eigenvalue weighted by molar-refractivity contribution is 7.90. The number of likely N-dealkylation sites (tertiary alicyclic amines) is 1. The van der Waals surface area contributed by atoms with Crippen LogP contribution < -0.4 is 5.32 Å². The Morgan fingerprint density at radius 2 is 1.84 bits per heavy atom. The molecule has 0 saturated carbocycles. The molecule has 2 aromatic carbocycles. The molecule has 4 rings (SSSR count). The second-order valence-electron chi connectivity index (χ2n) is 9.69. The molecule has 2 fully saturated rings. The summed E-state index contributed by atoms with van der Waals surface area (Å²) in [6.45, 7) is 2.24. The number of benzene rings is 2. The minimum Gasteiger partial charge on any atom is -0.381 e. The zero-order valence-corrected chi connectivity index (χ0v) is 21.6. The maximum Gasteiger partial charge on any atom is 0.416 e. The topological polar surface area (TPSA) is 92.8 Å². The Morgan fingerprint density at radius 3 is 2.39 bits per heavy atom. The van der Waals surface area contributed by atoms with Gasteiger partial charge in [0.25, 0.3) is 5.91 Å². The molecule has 38 heavy (non-hydrogen) atoms. The standard InChI is InChI=1S/C26H28F4N2O5S/c1-3-18-8-10-22(32(18)25(34)15-5-4-6-19(11-15)38(2,35)36)24(33)31-23(16-13-37-14-16)20-9-7-17(12-21(20)27)26(28,29)30/h4-7,9,11-12,16,18,22-23H,3,8,10,13-14H2,1-2H3,(H,31,33)/t18-,22-,23?/m1/s1. The molecular formula is C26H28F4N2O5S. The number of halogens is 4. The summed E-state index contributed by atoms with van der Waals surface area (Å²) in [5.41, 5.74) is -1.12. The van der Waals surface area contributed by atoms with E-state index >= 15 is 0 Å². The van der Waals surface area contributed by atoms with Gasteiger partial charge in [-0.3, -0.25) is 9.59 Å². The molecule has 12 heteroatoms. The van der Waals surface area contributed by atoms with Crippen molar-refractivity contribution < 1.29 is 40.3 Å². The van der Waals surface area contributed by atoms with Gasteiger partial charge in [0.15, 0.2) is 9.84 Å². The molecular weight excluding hydrogens is 528 g/mol. The van der Waals surface area contributed by atoms with Gasteiger partial charge in [-0.15, -0.1) is 0 Å². The van der Waals surface area contributed by atoms with Crippen LogP contribution in [0.1, 0.15) is 53.7 Å². The van der Waals surface area contributed by atoms with Gasteiger partial charge in [-0.05, 0) is 49.6 Å². The summed E-state index contributed by atoms with van der Waals surface area (Å²) < 4.78 is 83.1. The third-order valence-electron chi connectivity index (χ3n) is 7.12. The molecule has 0 radical (unpaired) electrons. The fourth-order valence-corrected chi connectivity index (χ4v) is 5.63. The van der Waals surface area contributed by atoms with E-state index in [-0.39, 0.29) is 41.2 Å². The van der Waals surface area contributed by atoms with Crippen molar-refractivity contribution in [3.63, 3.8) is 0 Å². The first-order chi connectivity index (χ1) is 17.8.